The molecule has 0 aliphatic rings. The Bertz CT molecular complexity index is 668. The molecule has 0 spiro atoms. The minimum absolute atomic E-state index is 0.0360. The highest BCUT2D eigenvalue weighted by molar-refractivity contribution is 6.34. The predicted octanol–water partition coefficient (Wildman–Crippen LogP) is 4.67. The van der Waals surface area contributed by atoms with E-state index in [0.717, 1.165) is 22.4 Å². The van der Waals surface area contributed by atoms with Crippen molar-refractivity contribution in [3.05, 3.63) is 47.0 Å². The molecule has 1 amide bonds. The SMILES string of the molecule is CCC(=O)Nc1ccc(C)cc1-c1c(Cl)cccc1OC. The lowest BCUT2D eigenvalue weighted by molar-refractivity contribution is -0.115. The van der Waals surface area contributed by atoms with E-state index in [-0.39, 0.29) is 5.91 Å². The Morgan fingerprint density at radius 3 is 2.71 bits per heavy atom. The first-order valence-electron chi connectivity index (χ1n) is 6.80. The number of hydrogen-bond acceptors (Lipinski definition) is 2. The van der Waals surface area contributed by atoms with Crippen LogP contribution in [0.4, 0.5) is 5.69 Å². The van der Waals surface area contributed by atoms with Crippen LogP contribution in [0.15, 0.2) is 36.4 Å². The van der Waals surface area contributed by atoms with Crippen LogP contribution in [-0.2, 0) is 4.79 Å². The van der Waals surface area contributed by atoms with Crippen molar-refractivity contribution in [3.63, 3.8) is 0 Å². The average Bonchev–Trinajstić information content (AvgIpc) is 2.48. The molecule has 0 saturated carbocycles. The molecule has 3 nitrogen and oxygen atoms in total. The normalized spacial score (nSPS) is 10.3. The number of amides is 1. The van der Waals surface area contributed by atoms with Gasteiger partial charge < -0.3 is 10.1 Å². The topological polar surface area (TPSA) is 38.3 Å². The molecule has 4 heteroatoms. The number of carbonyl (C=O) groups excluding carboxylic acids is 1. The van der Waals surface area contributed by atoms with Gasteiger partial charge in [-0.3, -0.25) is 4.79 Å². The van der Waals surface area contributed by atoms with Crippen molar-refractivity contribution in [2.45, 2.75) is 20.3 Å². The van der Waals surface area contributed by atoms with Crippen molar-refractivity contribution >= 4 is 23.2 Å². The van der Waals surface area contributed by atoms with Gasteiger partial charge >= 0.3 is 0 Å². The second kappa shape index (κ2) is 6.64. The molecule has 110 valence electrons. The molecule has 0 bridgehead atoms. The molecule has 0 radical (unpaired) electrons. The van der Waals surface area contributed by atoms with Crippen molar-refractivity contribution in [1.82, 2.24) is 0 Å². The maximum Gasteiger partial charge on any atom is 0.224 e. The summed E-state index contributed by atoms with van der Waals surface area (Å²) in [6.07, 6.45) is 0.424. The van der Waals surface area contributed by atoms with Crippen molar-refractivity contribution in [1.29, 1.82) is 0 Å². The Kier molecular flexibility index (Phi) is 4.86. The molecule has 0 aromatic heterocycles. The summed E-state index contributed by atoms with van der Waals surface area (Å²) in [5.41, 5.74) is 3.47. The fraction of sp³-hybridized carbons (Fsp3) is 0.235. The summed E-state index contributed by atoms with van der Waals surface area (Å²) in [4.78, 5) is 11.7. The van der Waals surface area contributed by atoms with Gasteiger partial charge in [-0.05, 0) is 31.2 Å². The molecule has 0 aliphatic carbocycles. The monoisotopic (exact) mass is 303 g/mol. The van der Waals surface area contributed by atoms with Crippen LogP contribution in [0, 0.1) is 6.92 Å². The second-order valence-electron chi connectivity index (χ2n) is 4.77. The van der Waals surface area contributed by atoms with Crippen LogP contribution < -0.4 is 10.1 Å². The minimum Gasteiger partial charge on any atom is -0.496 e. The van der Waals surface area contributed by atoms with E-state index < -0.39 is 0 Å². The first kappa shape index (κ1) is 15.4. The molecule has 0 saturated heterocycles. The van der Waals surface area contributed by atoms with E-state index in [1.54, 1.807) is 7.11 Å². The van der Waals surface area contributed by atoms with Crippen molar-refractivity contribution in [2.75, 3.05) is 12.4 Å². The van der Waals surface area contributed by atoms with Crippen LogP contribution in [-0.4, -0.2) is 13.0 Å². The van der Waals surface area contributed by atoms with Gasteiger partial charge in [0, 0.05) is 23.2 Å². The van der Waals surface area contributed by atoms with Crippen molar-refractivity contribution in [3.8, 4) is 16.9 Å². The van der Waals surface area contributed by atoms with Crippen molar-refractivity contribution in [2.24, 2.45) is 0 Å². The minimum atomic E-state index is -0.0360. The third kappa shape index (κ3) is 3.37. The highest BCUT2D eigenvalue weighted by Gasteiger charge is 2.15. The van der Waals surface area contributed by atoms with Gasteiger partial charge in [0.25, 0.3) is 0 Å². The lowest BCUT2D eigenvalue weighted by Gasteiger charge is -2.16. The van der Waals surface area contributed by atoms with E-state index >= 15 is 0 Å². The van der Waals surface area contributed by atoms with Crippen molar-refractivity contribution < 1.29 is 9.53 Å². The Balaban J connectivity index is 2.62. The molecule has 2 aromatic carbocycles. The quantitative estimate of drug-likeness (QED) is 0.891. The highest BCUT2D eigenvalue weighted by atomic mass is 35.5. The van der Waals surface area contributed by atoms with Crippen LogP contribution in [0.25, 0.3) is 11.1 Å². The number of methoxy groups -OCH3 is 1. The van der Waals surface area contributed by atoms with E-state index in [9.17, 15) is 4.79 Å². The molecule has 0 atom stereocenters. The number of hydrogen-bond donors (Lipinski definition) is 1. The summed E-state index contributed by atoms with van der Waals surface area (Å²) in [6.45, 7) is 3.82. The van der Waals surface area contributed by atoms with E-state index in [1.807, 2.05) is 50.2 Å². The van der Waals surface area contributed by atoms with Crippen LogP contribution in [0.1, 0.15) is 18.9 Å². The number of halogens is 1. The summed E-state index contributed by atoms with van der Waals surface area (Å²) in [5.74, 6) is 0.645. The second-order valence-corrected chi connectivity index (χ2v) is 5.18. The molecule has 2 aromatic rings. The summed E-state index contributed by atoms with van der Waals surface area (Å²) >= 11 is 6.34. The number of carbonyl (C=O) groups is 1. The lowest BCUT2D eigenvalue weighted by Crippen LogP contribution is -2.10. The maximum absolute atomic E-state index is 11.7. The number of ether oxygens (including phenoxy) is 1. The standard InChI is InChI=1S/C17H18ClNO2/c1-4-16(20)19-14-9-8-11(2)10-12(14)17-13(18)6-5-7-15(17)21-3/h5-10H,4H2,1-3H3,(H,19,20). The summed E-state index contributed by atoms with van der Waals surface area (Å²) in [6, 6.07) is 11.3. The first-order chi connectivity index (χ1) is 10.1. The fourth-order valence-electron chi connectivity index (χ4n) is 2.15. The third-order valence-corrected chi connectivity index (χ3v) is 3.55. The number of aryl methyl sites for hydroxylation is 1. The van der Waals surface area contributed by atoms with Crippen LogP contribution in [0.5, 0.6) is 5.75 Å². The molecule has 0 aliphatic heterocycles. The van der Waals surface area contributed by atoms with Crippen LogP contribution >= 0.6 is 11.6 Å². The van der Waals surface area contributed by atoms with E-state index in [1.165, 1.54) is 0 Å². The van der Waals surface area contributed by atoms with Gasteiger partial charge in [-0.2, -0.15) is 0 Å². The van der Waals surface area contributed by atoms with Gasteiger partial charge in [0.15, 0.2) is 0 Å². The molecule has 1 N–H and O–H groups in total. The highest BCUT2D eigenvalue weighted by Crippen LogP contribution is 2.40. The zero-order valence-electron chi connectivity index (χ0n) is 12.4. The zero-order valence-corrected chi connectivity index (χ0v) is 13.1. The molecule has 0 unspecified atom stereocenters. The molecule has 0 heterocycles. The average molecular weight is 304 g/mol. The fourth-order valence-corrected chi connectivity index (χ4v) is 2.42. The van der Waals surface area contributed by atoms with E-state index in [0.29, 0.717) is 17.2 Å². The molecular weight excluding hydrogens is 286 g/mol. The summed E-state index contributed by atoms with van der Waals surface area (Å²) in [7, 11) is 1.61. The van der Waals surface area contributed by atoms with Gasteiger partial charge in [-0.15, -0.1) is 0 Å². The van der Waals surface area contributed by atoms with Gasteiger partial charge in [-0.25, -0.2) is 0 Å². The van der Waals surface area contributed by atoms with Crippen LogP contribution in [0.3, 0.4) is 0 Å². The van der Waals surface area contributed by atoms with Gasteiger partial charge in [0.05, 0.1) is 12.1 Å². The number of nitrogens with one attached hydrogen (secondary N) is 1. The zero-order chi connectivity index (χ0) is 15.4. The maximum atomic E-state index is 11.7. The first-order valence-corrected chi connectivity index (χ1v) is 7.18. The Hall–Kier alpha value is -2.00. The Morgan fingerprint density at radius 2 is 2.05 bits per heavy atom. The third-order valence-electron chi connectivity index (χ3n) is 3.23. The predicted molar refractivity (Wildman–Crippen MR) is 87.1 cm³/mol. The van der Waals surface area contributed by atoms with E-state index in [2.05, 4.69) is 5.32 Å². The Labute approximate surface area is 129 Å². The molecule has 21 heavy (non-hydrogen) atoms. The summed E-state index contributed by atoms with van der Waals surface area (Å²) < 4.78 is 5.41. The van der Waals surface area contributed by atoms with Crippen LogP contribution in [0.2, 0.25) is 5.02 Å². The summed E-state index contributed by atoms with van der Waals surface area (Å²) in [5, 5.41) is 3.50. The van der Waals surface area contributed by atoms with Gasteiger partial charge in [0.1, 0.15) is 5.75 Å². The van der Waals surface area contributed by atoms with Gasteiger partial charge in [0.2, 0.25) is 5.91 Å². The van der Waals surface area contributed by atoms with E-state index in [4.69, 9.17) is 16.3 Å². The Morgan fingerprint density at radius 1 is 1.29 bits per heavy atom. The molecular formula is C17H18ClNO2. The lowest BCUT2D eigenvalue weighted by atomic mass is 10.00. The number of rotatable bonds is 4. The number of anilines is 1. The smallest absolute Gasteiger partial charge is 0.224 e. The van der Waals surface area contributed by atoms with Gasteiger partial charge in [-0.1, -0.05) is 36.2 Å². The molecule has 0 fully saturated rings. The largest absolute Gasteiger partial charge is 0.496 e. The number of benzene rings is 2. The molecule has 2 rings (SSSR count).